The average Bonchev–Trinajstić information content (AvgIpc) is 2.62. The van der Waals surface area contributed by atoms with Gasteiger partial charge in [0.1, 0.15) is 17.8 Å². The van der Waals surface area contributed by atoms with Crippen LogP contribution in [0.2, 0.25) is 0 Å². The Morgan fingerprint density at radius 3 is 2.39 bits per heavy atom. The normalized spacial score (nSPS) is 10.4. The molecule has 0 aliphatic heterocycles. The number of nitrogens with one attached hydrogen (secondary N) is 1. The summed E-state index contributed by atoms with van der Waals surface area (Å²) in [7, 11) is 4.73. The van der Waals surface area contributed by atoms with Gasteiger partial charge in [0.15, 0.2) is 0 Å². The lowest BCUT2D eigenvalue weighted by molar-refractivity contribution is 0.251. The molecule has 1 N–H and O–H groups in total. The van der Waals surface area contributed by atoms with E-state index < -0.39 is 0 Å². The fourth-order valence-electron chi connectivity index (χ4n) is 1.93. The van der Waals surface area contributed by atoms with Crippen LogP contribution in [0.4, 0.5) is 16.2 Å². The second-order valence-corrected chi connectivity index (χ2v) is 4.57. The molecule has 0 saturated heterocycles. The van der Waals surface area contributed by atoms with Crippen molar-refractivity contribution in [3.63, 3.8) is 0 Å². The summed E-state index contributed by atoms with van der Waals surface area (Å²) in [4.78, 5) is 17.9. The molecule has 2 rings (SSSR count). The number of hydrogen-bond donors (Lipinski definition) is 1. The van der Waals surface area contributed by atoms with Gasteiger partial charge < -0.3 is 14.8 Å². The van der Waals surface area contributed by atoms with Gasteiger partial charge in [0.05, 0.1) is 25.6 Å². The van der Waals surface area contributed by atoms with Crippen molar-refractivity contribution in [2.75, 3.05) is 26.2 Å². The zero-order valence-electron chi connectivity index (χ0n) is 13.3. The van der Waals surface area contributed by atoms with Crippen LogP contribution in [-0.2, 0) is 0 Å². The van der Waals surface area contributed by atoms with E-state index in [1.807, 2.05) is 30.3 Å². The molecule has 120 valence electrons. The van der Waals surface area contributed by atoms with E-state index in [4.69, 9.17) is 9.47 Å². The van der Waals surface area contributed by atoms with Crippen LogP contribution in [0.1, 0.15) is 0 Å². The Morgan fingerprint density at radius 2 is 1.74 bits per heavy atom. The number of ether oxygens (including phenoxy) is 2. The number of nitrogens with zero attached hydrogens (tertiary/aromatic N) is 2. The largest absolute Gasteiger partial charge is 0.497 e. The highest BCUT2D eigenvalue weighted by Crippen LogP contribution is 2.22. The summed E-state index contributed by atoms with van der Waals surface area (Å²) in [5, 5.41) is 2.59. The smallest absolute Gasteiger partial charge is 0.326 e. The molecule has 6 heteroatoms. The monoisotopic (exact) mass is 313 g/mol. The van der Waals surface area contributed by atoms with E-state index in [2.05, 4.69) is 10.3 Å². The third kappa shape index (κ3) is 4.23. The van der Waals surface area contributed by atoms with Crippen LogP contribution < -0.4 is 19.7 Å². The topological polar surface area (TPSA) is 63.2 Å². The summed E-state index contributed by atoms with van der Waals surface area (Å²) >= 11 is 0. The average molecular weight is 313 g/mol. The second kappa shape index (κ2) is 7.84. The van der Waals surface area contributed by atoms with E-state index in [1.54, 1.807) is 39.5 Å². The first kappa shape index (κ1) is 16.4. The number of hydrogen-bond acceptors (Lipinski definition) is 4. The van der Waals surface area contributed by atoms with E-state index >= 15 is 0 Å². The van der Waals surface area contributed by atoms with Crippen molar-refractivity contribution >= 4 is 23.7 Å². The molecule has 0 aliphatic rings. The van der Waals surface area contributed by atoms with Gasteiger partial charge in [-0.25, -0.2) is 9.79 Å². The van der Waals surface area contributed by atoms with Crippen molar-refractivity contribution in [2.45, 2.75) is 0 Å². The lowest BCUT2D eigenvalue weighted by Gasteiger charge is -2.17. The first-order chi connectivity index (χ1) is 11.2. The van der Waals surface area contributed by atoms with Gasteiger partial charge in [-0.3, -0.25) is 4.90 Å². The van der Waals surface area contributed by atoms with Crippen LogP contribution in [0.25, 0.3) is 0 Å². The number of carbonyl (C=O) groups excluding carboxylic acids is 1. The molecule has 0 saturated carbocycles. The molecule has 0 bridgehead atoms. The van der Waals surface area contributed by atoms with Crippen LogP contribution in [0.5, 0.6) is 11.5 Å². The Hall–Kier alpha value is -3.02. The first-order valence-corrected chi connectivity index (χ1v) is 7.01. The van der Waals surface area contributed by atoms with E-state index in [9.17, 15) is 4.79 Å². The minimum atomic E-state index is -0.301. The summed E-state index contributed by atoms with van der Waals surface area (Å²) < 4.78 is 10.4. The standard InChI is InChI=1S/C17H19N3O3/c1-18-17(21)20(14-7-5-9-16(11-14)23-3)12-19-13-6-4-8-15(10-13)22-2/h4-12H,1-3H3,(H,18,21). The lowest BCUT2D eigenvalue weighted by atomic mass is 10.3. The fraction of sp³-hybridized carbons (Fsp3) is 0.176. The van der Waals surface area contributed by atoms with Crippen molar-refractivity contribution in [1.29, 1.82) is 0 Å². The van der Waals surface area contributed by atoms with Gasteiger partial charge in [-0.1, -0.05) is 12.1 Å². The van der Waals surface area contributed by atoms with Gasteiger partial charge in [0.25, 0.3) is 0 Å². The van der Waals surface area contributed by atoms with Gasteiger partial charge in [-0.2, -0.15) is 0 Å². The summed E-state index contributed by atoms with van der Waals surface area (Å²) in [5.74, 6) is 1.36. The molecule has 0 spiro atoms. The number of anilines is 1. The molecule has 0 fully saturated rings. The second-order valence-electron chi connectivity index (χ2n) is 4.57. The van der Waals surface area contributed by atoms with Gasteiger partial charge in [0.2, 0.25) is 0 Å². The van der Waals surface area contributed by atoms with Crippen LogP contribution in [0.15, 0.2) is 53.5 Å². The number of methoxy groups -OCH3 is 2. The summed E-state index contributed by atoms with van der Waals surface area (Å²) in [6.07, 6.45) is 1.46. The molecular weight excluding hydrogens is 294 g/mol. The molecule has 0 atom stereocenters. The minimum absolute atomic E-state index is 0.301. The van der Waals surface area contributed by atoms with E-state index in [-0.39, 0.29) is 6.03 Å². The van der Waals surface area contributed by atoms with E-state index in [0.717, 1.165) is 0 Å². The Labute approximate surface area is 135 Å². The molecule has 0 unspecified atom stereocenters. The molecule has 0 radical (unpaired) electrons. The van der Waals surface area contributed by atoms with Crippen LogP contribution in [0, 0.1) is 0 Å². The highest BCUT2D eigenvalue weighted by atomic mass is 16.5. The number of aliphatic imine (C=N–C) groups is 1. The molecule has 0 heterocycles. The summed E-state index contributed by atoms with van der Waals surface area (Å²) in [6, 6.07) is 14.1. The fourth-order valence-corrected chi connectivity index (χ4v) is 1.93. The minimum Gasteiger partial charge on any atom is -0.497 e. The number of urea groups is 1. The van der Waals surface area contributed by atoms with E-state index in [1.165, 1.54) is 11.2 Å². The quantitative estimate of drug-likeness (QED) is 0.681. The lowest BCUT2D eigenvalue weighted by Crippen LogP contribution is -2.37. The van der Waals surface area contributed by atoms with Crippen LogP contribution in [0.3, 0.4) is 0 Å². The van der Waals surface area contributed by atoms with Crippen molar-refractivity contribution in [2.24, 2.45) is 4.99 Å². The van der Waals surface area contributed by atoms with Crippen molar-refractivity contribution < 1.29 is 14.3 Å². The molecule has 23 heavy (non-hydrogen) atoms. The molecule has 0 aliphatic carbocycles. The molecule has 2 aromatic rings. The van der Waals surface area contributed by atoms with Gasteiger partial charge in [-0.15, -0.1) is 0 Å². The number of amides is 2. The predicted octanol–water partition coefficient (Wildman–Crippen LogP) is 3.21. The first-order valence-electron chi connectivity index (χ1n) is 7.01. The van der Waals surface area contributed by atoms with E-state index in [0.29, 0.717) is 22.9 Å². The Bertz CT molecular complexity index is 701. The van der Waals surface area contributed by atoms with Crippen molar-refractivity contribution in [1.82, 2.24) is 5.32 Å². The third-order valence-corrected chi connectivity index (χ3v) is 3.14. The zero-order chi connectivity index (χ0) is 16.7. The molecular formula is C17H19N3O3. The summed E-state index contributed by atoms with van der Waals surface area (Å²) in [5.41, 5.74) is 1.33. The van der Waals surface area contributed by atoms with Crippen molar-refractivity contribution in [3.05, 3.63) is 48.5 Å². The molecule has 6 nitrogen and oxygen atoms in total. The molecule has 2 amide bonds. The van der Waals surface area contributed by atoms with Crippen LogP contribution in [-0.4, -0.2) is 33.6 Å². The number of benzene rings is 2. The SMILES string of the molecule is CNC(=O)N(C=Nc1cccc(OC)c1)c1cccc(OC)c1. The van der Waals surface area contributed by atoms with Gasteiger partial charge >= 0.3 is 6.03 Å². The van der Waals surface area contributed by atoms with Crippen LogP contribution >= 0.6 is 0 Å². The Kier molecular flexibility index (Phi) is 5.57. The zero-order valence-corrected chi connectivity index (χ0v) is 13.3. The molecule has 2 aromatic carbocycles. The predicted molar refractivity (Wildman–Crippen MR) is 91.1 cm³/mol. The van der Waals surface area contributed by atoms with Crippen molar-refractivity contribution in [3.8, 4) is 11.5 Å². The maximum atomic E-state index is 12.1. The third-order valence-electron chi connectivity index (χ3n) is 3.14. The van der Waals surface area contributed by atoms with Gasteiger partial charge in [-0.05, 0) is 24.3 Å². The Morgan fingerprint density at radius 1 is 1.09 bits per heavy atom. The van der Waals surface area contributed by atoms with Gasteiger partial charge in [0, 0.05) is 19.2 Å². The number of rotatable bonds is 5. The summed E-state index contributed by atoms with van der Waals surface area (Å²) in [6.45, 7) is 0. The maximum absolute atomic E-state index is 12.1. The molecule has 0 aromatic heterocycles. The Balaban J connectivity index is 2.31. The number of carbonyl (C=O) groups is 1. The highest BCUT2D eigenvalue weighted by molar-refractivity contribution is 6.08. The maximum Gasteiger partial charge on any atom is 0.326 e. The highest BCUT2D eigenvalue weighted by Gasteiger charge is 2.12.